The molecule has 3 N–H and O–H groups in total. The van der Waals surface area contributed by atoms with Crippen LogP contribution in [0, 0.1) is 18.6 Å². The van der Waals surface area contributed by atoms with Crippen molar-refractivity contribution >= 4 is 11.6 Å². The van der Waals surface area contributed by atoms with E-state index in [0.29, 0.717) is 10.6 Å². The summed E-state index contributed by atoms with van der Waals surface area (Å²) in [5.41, 5.74) is 4.59. The molecule has 20 heavy (non-hydrogen) atoms. The smallest absolute Gasteiger partial charge is 0.127 e. The van der Waals surface area contributed by atoms with Crippen LogP contribution in [0.4, 0.5) is 8.78 Å². The van der Waals surface area contributed by atoms with Crippen molar-refractivity contribution in [2.45, 2.75) is 19.4 Å². The van der Waals surface area contributed by atoms with E-state index in [9.17, 15) is 8.78 Å². The molecule has 1 unspecified atom stereocenters. The van der Waals surface area contributed by atoms with Gasteiger partial charge in [0.05, 0.1) is 6.04 Å². The highest BCUT2D eigenvalue weighted by Crippen LogP contribution is 2.27. The first kappa shape index (κ1) is 14.9. The largest absolute Gasteiger partial charge is 0.271 e. The molecule has 2 nitrogen and oxygen atoms in total. The van der Waals surface area contributed by atoms with E-state index in [1.165, 1.54) is 18.2 Å². The molecule has 2 aromatic carbocycles. The Labute approximate surface area is 121 Å². The highest BCUT2D eigenvalue weighted by molar-refractivity contribution is 6.31. The minimum atomic E-state index is -0.377. The minimum Gasteiger partial charge on any atom is -0.271 e. The normalized spacial score (nSPS) is 12.4. The lowest BCUT2D eigenvalue weighted by Crippen LogP contribution is -2.30. The lowest BCUT2D eigenvalue weighted by atomic mass is 9.95. The zero-order chi connectivity index (χ0) is 14.7. The van der Waals surface area contributed by atoms with Crippen molar-refractivity contribution in [3.63, 3.8) is 0 Å². The van der Waals surface area contributed by atoms with Crippen LogP contribution in [0.3, 0.4) is 0 Å². The van der Waals surface area contributed by atoms with Crippen molar-refractivity contribution in [3.8, 4) is 0 Å². The highest BCUT2D eigenvalue weighted by atomic mass is 35.5. The van der Waals surface area contributed by atoms with E-state index in [-0.39, 0.29) is 24.1 Å². The van der Waals surface area contributed by atoms with Gasteiger partial charge in [0.2, 0.25) is 0 Å². The first-order valence-electron chi connectivity index (χ1n) is 6.18. The molecule has 0 saturated carbocycles. The predicted octanol–water partition coefficient (Wildman–Crippen LogP) is 3.67. The molecule has 2 aromatic rings. The van der Waals surface area contributed by atoms with Gasteiger partial charge in [-0.1, -0.05) is 23.7 Å². The predicted molar refractivity (Wildman–Crippen MR) is 76.3 cm³/mol. The molecule has 0 fully saturated rings. The maximum atomic E-state index is 13.8. The van der Waals surface area contributed by atoms with Crippen LogP contribution in [0.25, 0.3) is 0 Å². The Bertz CT molecular complexity index is 597. The molecule has 0 aliphatic rings. The summed E-state index contributed by atoms with van der Waals surface area (Å²) in [6.07, 6.45) is 0.286. The molecular formula is C15H15ClF2N2. The number of benzene rings is 2. The standard InChI is InChI=1S/C15H15ClF2N2/c1-9-7-10(17)5-6-11(9)15(20-19)8-12-13(16)3-2-4-14(12)18/h2-7,15,20H,8,19H2,1H3. The number of hydrogen-bond acceptors (Lipinski definition) is 2. The summed E-state index contributed by atoms with van der Waals surface area (Å²) in [5, 5.41) is 0.352. The van der Waals surface area contributed by atoms with E-state index in [2.05, 4.69) is 5.43 Å². The Morgan fingerprint density at radius 3 is 2.60 bits per heavy atom. The number of hydrogen-bond donors (Lipinski definition) is 2. The quantitative estimate of drug-likeness (QED) is 0.667. The number of nitrogens with one attached hydrogen (secondary N) is 1. The van der Waals surface area contributed by atoms with Crippen molar-refractivity contribution in [2.24, 2.45) is 5.84 Å². The van der Waals surface area contributed by atoms with Crippen LogP contribution in [0.15, 0.2) is 36.4 Å². The van der Waals surface area contributed by atoms with E-state index in [0.717, 1.165) is 11.1 Å². The molecule has 0 aliphatic carbocycles. The van der Waals surface area contributed by atoms with Crippen LogP contribution in [-0.4, -0.2) is 0 Å². The van der Waals surface area contributed by atoms with Gasteiger partial charge in [-0.2, -0.15) is 0 Å². The van der Waals surface area contributed by atoms with Gasteiger partial charge in [-0.3, -0.25) is 11.3 Å². The topological polar surface area (TPSA) is 38.0 Å². The average molecular weight is 297 g/mol. The van der Waals surface area contributed by atoms with Gasteiger partial charge >= 0.3 is 0 Å². The summed E-state index contributed by atoms with van der Waals surface area (Å²) in [7, 11) is 0. The minimum absolute atomic E-state index is 0.286. The average Bonchev–Trinajstić information content (AvgIpc) is 2.40. The first-order chi connectivity index (χ1) is 9.52. The number of aryl methyl sites for hydroxylation is 1. The summed E-state index contributed by atoms with van der Waals surface area (Å²) in [5.74, 6) is 4.86. The third-order valence-electron chi connectivity index (χ3n) is 3.28. The van der Waals surface area contributed by atoms with Gasteiger partial charge in [-0.25, -0.2) is 8.78 Å². The third-order valence-corrected chi connectivity index (χ3v) is 3.63. The second kappa shape index (κ2) is 6.31. The second-order valence-electron chi connectivity index (χ2n) is 4.62. The molecule has 0 saturated heterocycles. The fourth-order valence-electron chi connectivity index (χ4n) is 2.22. The van der Waals surface area contributed by atoms with Gasteiger partial charge in [-0.05, 0) is 48.7 Å². The molecule has 106 valence electrons. The van der Waals surface area contributed by atoms with Crippen molar-refractivity contribution in [2.75, 3.05) is 0 Å². The monoisotopic (exact) mass is 296 g/mol. The summed E-state index contributed by atoms with van der Waals surface area (Å²) in [6, 6.07) is 8.61. The van der Waals surface area contributed by atoms with E-state index in [4.69, 9.17) is 17.4 Å². The fourth-order valence-corrected chi connectivity index (χ4v) is 2.46. The third kappa shape index (κ3) is 3.15. The van der Waals surface area contributed by atoms with Gasteiger partial charge < -0.3 is 0 Å². The summed E-state index contributed by atoms with van der Waals surface area (Å²) < 4.78 is 27.0. The Balaban J connectivity index is 2.34. The Kier molecular flexibility index (Phi) is 4.70. The van der Waals surface area contributed by atoms with Crippen molar-refractivity contribution < 1.29 is 8.78 Å². The maximum Gasteiger partial charge on any atom is 0.127 e. The Morgan fingerprint density at radius 1 is 1.25 bits per heavy atom. The van der Waals surface area contributed by atoms with Gasteiger partial charge in [0, 0.05) is 10.6 Å². The van der Waals surface area contributed by atoms with E-state index >= 15 is 0 Å². The zero-order valence-electron chi connectivity index (χ0n) is 11.0. The highest BCUT2D eigenvalue weighted by Gasteiger charge is 2.17. The van der Waals surface area contributed by atoms with Crippen LogP contribution in [0.1, 0.15) is 22.7 Å². The van der Waals surface area contributed by atoms with Crippen LogP contribution in [0.5, 0.6) is 0 Å². The summed E-state index contributed by atoms with van der Waals surface area (Å²) in [6.45, 7) is 1.78. The van der Waals surface area contributed by atoms with E-state index in [1.807, 2.05) is 0 Å². The number of hydrazine groups is 1. The van der Waals surface area contributed by atoms with E-state index < -0.39 is 0 Å². The molecule has 0 radical (unpaired) electrons. The van der Waals surface area contributed by atoms with Gasteiger partial charge in [0.25, 0.3) is 0 Å². The van der Waals surface area contributed by atoms with E-state index in [1.54, 1.807) is 25.1 Å². The summed E-state index contributed by atoms with van der Waals surface area (Å²) in [4.78, 5) is 0. The van der Waals surface area contributed by atoms with Crippen LogP contribution in [-0.2, 0) is 6.42 Å². The molecule has 0 bridgehead atoms. The van der Waals surface area contributed by atoms with Crippen LogP contribution in [0.2, 0.25) is 5.02 Å². The number of nitrogens with two attached hydrogens (primary N) is 1. The number of rotatable bonds is 4. The number of halogens is 3. The lowest BCUT2D eigenvalue weighted by molar-refractivity contribution is 0.525. The second-order valence-corrected chi connectivity index (χ2v) is 5.03. The maximum absolute atomic E-state index is 13.8. The molecule has 0 amide bonds. The Morgan fingerprint density at radius 2 is 2.00 bits per heavy atom. The van der Waals surface area contributed by atoms with Gasteiger partial charge in [0.1, 0.15) is 11.6 Å². The van der Waals surface area contributed by atoms with Gasteiger partial charge in [-0.15, -0.1) is 0 Å². The summed E-state index contributed by atoms with van der Waals surface area (Å²) >= 11 is 6.01. The molecule has 0 aliphatic heterocycles. The first-order valence-corrected chi connectivity index (χ1v) is 6.55. The van der Waals surface area contributed by atoms with Crippen LogP contribution < -0.4 is 11.3 Å². The van der Waals surface area contributed by atoms with Crippen LogP contribution >= 0.6 is 11.6 Å². The molecule has 2 rings (SSSR count). The molecule has 5 heteroatoms. The fraction of sp³-hybridized carbons (Fsp3) is 0.200. The molecular weight excluding hydrogens is 282 g/mol. The van der Waals surface area contributed by atoms with Crippen molar-refractivity contribution in [1.29, 1.82) is 0 Å². The molecule has 0 spiro atoms. The molecule has 1 atom stereocenters. The SMILES string of the molecule is Cc1cc(F)ccc1C(Cc1c(F)cccc1Cl)NN. The Hall–Kier alpha value is -1.49. The zero-order valence-corrected chi connectivity index (χ0v) is 11.7. The van der Waals surface area contributed by atoms with Crippen molar-refractivity contribution in [1.82, 2.24) is 5.43 Å². The lowest BCUT2D eigenvalue weighted by Gasteiger charge is -2.19. The van der Waals surface area contributed by atoms with Gasteiger partial charge in [0.15, 0.2) is 0 Å². The molecule has 0 aromatic heterocycles. The van der Waals surface area contributed by atoms with Crippen molar-refractivity contribution in [3.05, 3.63) is 69.7 Å². The molecule has 0 heterocycles.